The van der Waals surface area contributed by atoms with E-state index in [9.17, 15) is 14.3 Å². The highest BCUT2D eigenvalue weighted by atomic mass is 19.1. The Morgan fingerprint density at radius 2 is 1.95 bits per heavy atom. The first-order valence-corrected chi connectivity index (χ1v) is 13.9. The lowest BCUT2D eigenvalue weighted by molar-refractivity contribution is -0.0592. The smallest absolute Gasteiger partial charge is 0.335 e. The lowest BCUT2D eigenvalue weighted by Gasteiger charge is -2.32. The highest BCUT2D eigenvalue weighted by Gasteiger charge is 2.26. The number of ether oxygens (including phenoxy) is 1. The summed E-state index contributed by atoms with van der Waals surface area (Å²) in [5, 5.41) is 21.6. The normalized spacial score (nSPS) is 17.7. The Balaban J connectivity index is 1.10. The van der Waals surface area contributed by atoms with Gasteiger partial charge in [-0.15, -0.1) is 0 Å². The molecule has 0 amide bonds. The van der Waals surface area contributed by atoms with Crippen LogP contribution in [-0.2, 0) is 24.4 Å². The molecule has 210 valence electrons. The Morgan fingerprint density at radius 3 is 2.66 bits per heavy atom. The van der Waals surface area contributed by atoms with Gasteiger partial charge in [0.25, 0.3) is 0 Å². The minimum Gasteiger partial charge on any atom is -0.478 e. The number of fused-ring (bicyclic) bond motifs is 1. The number of piperidine rings is 1. The number of carboxylic acid groups (broad SMARTS) is 1. The van der Waals surface area contributed by atoms with Crippen molar-refractivity contribution in [3.8, 4) is 6.07 Å². The van der Waals surface area contributed by atoms with Crippen molar-refractivity contribution in [3.63, 3.8) is 0 Å². The van der Waals surface area contributed by atoms with Crippen LogP contribution in [0, 0.1) is 17.1 Å². The Bertz CT molecular complexity index is 1620. The van der Waals surface area contributed by atoms with Gasteiger partial charge in [0.2, 0.25) is 0 Å². The van der Waals surface area contributed by atoms with E-state index >= 15 is 0 Å². The van der Waals surface area contributed by atoms with Crippen LogP contribution in [0.1, 0.15) is 58.2 Å². The molecule has 0 aliphatic carbocycles. The molecule has 2 aliphatic heterocycles. The first-order chi connectivity index (χ1) is 20.0. The molecule has 2 fully saturated rings. The number of anilines is 1. The number of nitrogens with one attached hydrogen (secondary N) is 1. The van der Waals surface area contributed by atoms with Crippen LogP contribution in [0.15, 0.2) is 54.6 Å². The van der Waals surface area contributed by atoms with Crippen molar-refractivity contribution < 1.29 is 19.0 Å². The molecule has 0 bridgehead atoms. The molecule has 6 rings (SSSR count). The van der Waals surface area contributed by atoms with Crippen molar-refractivity contribution in [2.24, 2.45) is 0 Å². The highest BCUT2D eigenvalue weighted by Crippen LogP contribution is 2.29. The van der Waals surface area contributed by atoms with E-state index in [2.05, 4.69) is 14.8 Å². The SMILES string of the molecule is N#Cc1ccc(CNc2cccc(C3CCN(Cc4nc5ccc(C(=O)O)cc5n4C[C@@H]4CCO4)CC3)n2)c(F)c1. The number of hydrogen-bond acceptors (Lipinski definition) is 7. The van der Waals surface area contributed by atoms with Gasteiger partial charge in [-0.3, -0.25) is 4.90 Å². The van der Waals surface area contributed by atoms with E-state index in [0.717, 1.165) is 61.5 Å². The monoisotopic (exact) mass is 554 g/mol. The fourth-order valence-electron chi connectivity index (χ4n) is 5.57. The summed E-state index contributed by atoms with van der Waals surface area (Å²) in [6, 6.07) is 17.4. The van der Waals surface area contributed by atoms with E-state index in [1.165, 1.54) is 6.07 Å². The van der Waals surface area contributed by atoms with Gasteiger partial charge in [-0.05, 0) is 74.8 Å². The largest absolute Gasteiger partial charge is 0.478 e. The summed E-state index contributed by atoms with van der Waals surface area (Å²) in [7, 11) is 0. The van der Waals surface area contributed by atoms with Crippen molar-refractivity contribution in [1.82, 2.24) is 19.4 Å². The summed E-state index contributed by atoms with van der Waals surface area (Å²) in [6.45, 7) is 4.18. The second-order valence-electron chi connectivity index (χ2n) is 10.7. The summed E-state index contributed by atoms with van der Waals surface area (Å²) in [6.07, 6.45) is 3.03. The molecule has 0 radical (unpaired) electrons. The predicted molar refractivity (Wildman–Crippen MR) is 151 cm³/mol. The summed E-state index contributed by atoms with van der Waals surface area (Å²) >= 11 is 0. The van der Waals surface area contributed by atoms with Gasteiger partial charge in [-0.2, -0.15) is 5.26 Å². The molecular formula is C31H31FN6O3. The molecule has 4 heterocycles. The minimum absolute atomic E-state index is 0.130. The zero-order chi connectivity index (χ0) is 28.3. The molecule has 41 heavy (non-hydrogen) atoms. The Labute approximate surface area is 237 Å². The maximum Gasteiger partial charge on any atom is 0.335 e. The van der Waals surface area contributed by atoms with Gasteiger partial charge in [-0.1, -0.05) is 12.1 Å². The fraction of sp³-hybridized carbons (Fsp3) is 0.355. The van der Waals surface area contributed by atoms with Crippen LogP contribution < -0.4 is 5.32 Å². The quantitative estimate of drug-likeness (QED) is 0.300. The summed E-state index contributed by atoms with van der Waals surface area (Å²) in [4.78, 5) is 23.7. The molecule has 2 aromatic carbocycles. The van der Waals surface area contributed by atoms with Crippen molar-refractivity contribution in [3.05, 3.63) is 88.6 Å². The number of nitriles is 1. The molecule has 1 atom stereocenters. The summed E-state index contributed by atoms with van der Waals surface area (Å²) < 4.78 is 22.1. The maximum absolute atomic E-state index is 14.3. The first-order valence-electron chi connectivity index (χ1n) is 13.9. The number of carboxylic acids is 1. The van der Waals surface area contributed by atoms with Crippen LogP contribution in [-0.4, -0.2) is 56.3 Å². The summed E-state index contributed by atoms with van der Waals surface area (Å²) in [5.74, 6) is 0.589. The molecule has 9 nitrogen and oxygen atoms in total. The second-order valence-corrected chi connectivity index (χ2v) is 10.7. The van der Waals surface area contributed by atoms with Crippen molar-refractivity contribution in [1.29, 1.82) is 5.26 Å². The number of benzene rings is 2. The highest BCUT2D eigenvalue weighted by molar-refractivity contribution is 5.92. The van der Waals surface area contributed by atoms with E-state index in [4.69, 9.17) is 20.0 Å². The Hall–Kier alpha value is -4.33. The van der Waals surface area contributed by atoms with Crippen LogP contribution in [0.25, 0.3) is 11.0 Å². The molecule has 0 unspecified atom stereocenters. The number of likely N-dealkylation sites (tertiary alicyclic amines) is 1. The zero-order valence-corrected chi connectivity index (χ0v) is 22.6. The fourth-order valence-corrected chi connectivity index (χ4v) is 5.57. The van der Waals surface area contributed by atoms with Crippen molar-refractivity contribution in [2.45, 2.75) is 50.9 Å². The number of aromatic carboxylic acids is 1. The molecule has 2 saturated heterocycles. The minimum atomic E-state index is -0.947. The second kappa shape index (κ2) is 11.6. The van der Waals surface area contributed by atoms with E-state index in [1.54, 1.807) is 30.3 Å². The molecule has 4 aromatic rings. The van der Waals surface area contributed by atoms with Crippen LogP contribution in [0.4, 0.5) is 10.2 Å². The average molecular weight is 555 g/mol. The Morgan fingerprint density at radius 1 is 1.12 bits per heavy atom. The van der Waals surface area contributed by atoms with Crippen LogP contribution in [0.2, 0.25) is 0 Å². The predicted octanol–water partition coefficient (Wildman–Crippen LogP) is 4.92. The first kappa shape index (κ1) is 26.9. The number of aromatic nitrogens is 3. The third kappa shape index (κ3) is 5.92. The van der Waals surface area contributed by atoms with Gasteiger partial charge in [0.1, 0.15) is 17.5 Å². The molecular weight excluding hydrogens is 523 g/mol. The number of pyridine rings is 1. The van der Waals surface area contributed by atoms with Gasteiger partial charge in [0.15, 0.2) is 0 Å². The lowest BCUT2D eigenvalue weighted by atomic mass is 9.93. The number of carbonyl (C=O) groups is 1. The molecule has 2 aromatic heterocycles. The van der Waals surface area contributed by atoms with E-state index in [1.807, 2.05) is 24.3 Å². The standard InChI is InChI=1S/C31H31FN6O3/c32-25-14-20(16-33)4-5-23(25)17-34-29-3-1-2-26(35-29)21-8-11-37(12-9-21)19-30-36-27-7-6-22(31(39)40)15-28(27)38(30)18-24-10-13-41-24/h1-7,14-15,21,24H,8-13,17-19H2,(H,34,35)(H,39,40)/t24-/m0/s1. The summed E-state index contributed by atoms with van der Waals surface area (Å²) in [5.41, 5.74) is 3.69. The van der Waals surface area contributed by atoms with Gasteiger partial charge < -0.3 is 19.7 Å². The molecule has 2 aliphatic rings. The molecule has 0 spiro atoms. The third-order valence-corrected chi connectivity index (χ3v) is 8.04. The molecule has 2 N–H and O–H groups in total. The molecule has 0 saturated carbocycles. The molecule has 10 heteroatoms. The van der Waals surface area contributed by atoms with E-state index in [0.29, 0.717) is 36.0 Å². The van der Waals surface area contributed by atoms with Crippen molar-refractivity contribution >= 4 is 22.8 Å². The van der Waals surface area contributed by atoms with Crippen LogP contribution in [0.5, 0.6) is 0 Å². The average Bonchev–Trinajstić information content (AvgIpc) is 3.30. The number of nitrogens with zero attached hydrogens (tertiary/aromatic N) is 5. The van der Waals surface area contributed by atoms with Gasteiger partial charge in [0, 0.05) is 30.3 Å². The number of rotatable bonds is 9. The van der Waals surface area contributed by atoms with Gasteiger partial charge in [-0.25, -0.2) is 19.2 Å². The van der Waals surface area contributed by atoms with E-state index < -0.39 is 11.8 Å². The third-order valence-electron chi connectivity index (χ3n) is 8.04. The number of imidazole rings is 1. The van der Waals surface area contributed by atoms with Crippen LogP contribution in [0.3, 0.4) is 0 Å². The van der Waals surface area contributed by atoms with Crippen molar-refractivity contribution in [2.75, 3.05) is 25.0 Å². The Kier molecular flexibility index (Phi) is 7.63. The van der Waals surface area contributed by atoms with Crippen LogP contribution >= 0.6 is 0 Å². The van der Waals surface area contributed by atoms with Gasteiger partial charge >= 0.3 is 5.97 Å². The van der Waals surface area contributed by atoms with Gasteiger partial charge in [0.05, 0.1) is 47.4 Å². The lowest BCUT2D eigenvalue weighted by Crippen LogP contribution is -2.35. The zero-order valence-electron chi connectivity index (χ0n) is 22.6. The maximum atomic E-state index is 14.3. The number of halogens is 1. The number of hydrogen-bond donors (Lipinski definition) is 2. The topological polar surface area (TPSA) is 116 Å². The van der Waals surface area contributed by atoms with E-state index in [-0.39, 0.29) is 18.2 Å².